The highest BCUT2D eigenvalue weighted by molar-refractivity contribution is 6.42. The summed E-state index contributed by atoms with van der Waals surface area (Å²) in [6, 6.07) is 11.2. The molecular weight excluding hydrogens is 470 g/mol. The molecule has 0 aromatic heterocycles. The van der Waals surface area contributed by atoms with E-state index in [1.807, 2.05) is 20.0 Å². The van der Waals surface area contributed by atoms with Gasteiger partial charge in [-0.05, 0) is 56.8 Å². The van der Waals surface area contributed by atoms with Crippen molar-refractivity contribution in [2.45, 2.75) is 32.4 Å². The predicted octanol–water partition coefficient (Wildman–Crippen LogP) is 4.93. The number of rotatable bonds is 9. The van der Waals surface area contributed by atoms with Crippen LogP contribution in [-0.2, 0) is 20.9 Å². The molecule has 1 unspecified atom stereocenters. The zero-order chi connectivity index (χ0) is 24.7. The minimum atomic E-state index is -0.203. The first-order chi connectivity index (χ1) is 15.8. The van der Waals surface area contributed by atoms with Gasteiger partial charge in [0.2, 0.25) is 6.41 Å². The Hall–Kier alpha value is -2.45. The molecule has 1 aliphatic carbocycles. The largest absolute Gasteiger partial charge is 0.486 e. The van der Waals surface area contributed by atoms with Crippen molar-refractivity contribution in [3.05, 3.63) is 75.7 Å². The average Bonchev–Trinajstić information content (AvgIpc) is 2.79. The molecule has 0 radical (unpaired) electrons. The molecule has 0 saturated carbocycles. The zero-order valence-electron chi connectivity index (χ0n) is 18.9. The van der Waals surface area contributed by atoms with E-state index in [0.717, 1.165) is 17.7 Å². The van der Waals surface area contributed by atoms with E-state index in [1.54, 1.807) is 30.3 Å². The van der Waals surface area contributed by atoms with Crippen LogP contribution >= 0.6 is 23.2 Å². The Morgan fingerprint density at radius 3 is 2.30 bits per heavy atom. The number of nitrogens with one attached hydrogen (secondary N) is 2. The topological polar surface area (TPSA) is 76.7 Å². The maximum absolute atomic E-state index is 12.4. The van der Waals surface area contributed by atoms with Crippen LogP contribution in [0.3, 0.4) is 0 Å². The van der Waals surface area contributed by atoms with Gasteiger partial charge in [0.15, 0.2) is 6.29 Å². The summed E-state index contributed by atoms with van der Waals surface area (Å²) in [5.41, 5.74) is 2.12. The number of likely N-dealkylation sites (N-methyl/N-ethyl adjacent to an activating group) is 1. The molecule has 1 aliphatic rings. The zero-order valence-corrected chi connectivity index (χ0v) is 20.4. The lowest BCUT2D eigenvalue weighted by molar-refractivity contribution is -0.110. The van der Waals surface area contributed by atoms with Crippen molar-refractivity contribution in [3.63, 3.8) is 0 Å². The number of hydrogen-bond donors (Lipinski definition) is 2. The lowest BCUT2D eigenvalue weighted by Gasteiger charge is -2.35. The Kier molecular flexibility index (Phi) is 13.3. The van der Waals surface area contributed by atoms with Crippen molar-refractivity contribution in [1.82, 2.24) is 10.6 Å². The van der Waals surface area contributed by atoms with Gasteiger partial charge in [0, 0.05) is 30.3 Å². The Morgan fingerprint density at radius 2 is 1.79 bits per heavy atom. The smallest absolute Gasteiger partial charge is 0.211 e. The van der Waals surface area contributed by atoms with E-state index < -0.39 is 0 Å². The molecule has 0 fully saturated rings. The molecule has 3 rings (SSSR count). The molecule has 2 aromatic rings. The molecule has 0 bridgehead atoms. The standard InChI is InChI=1S/C9H11FO.C8H6Cl2O2.C7H12N2O/c1-2-11-7-8-3-5-9(10)6-4-8;9-7-2-1-6(5-8(7)10)12-4-3-11;1-7(8-2)3-6(4-7)9-5-10/h3-6H,2,7H2,1H3;1-3,5H,4H2;3,5,8H,4H2,1-2H3,(H,9,10). The van der Waals surface area contributed by atoms with Crippen molar-refractivity contribution in [2.75, 3.05) is 20.3 Å². The van der Waals surface area contributed by atoms with Crippen LogP contribution < -0.4 is 15.4 Å². The molecule has 33 heavy (non-hydrogen) atoms. The SMILES string of the molecule is CCOCc1ccc(F)cc1.CNC1(C)C=C(NC=O)C1.O=CCOc1ccc(Cl)c(Cl)c1. The van der Waals surface area contributed by atoms with Crippen LogP contribution in [0.25, 0.3) is 0 Å². The molecule has 1 amide bonds. The number of hydrogen-bond acceptors (Lipinski definition) is 5. The third kappa shape index (κ3) is 11.3. The number of carbonyl (C=O) groups is 2. The molecule has 0 spiro atoms. The summed E-state index contributed by atoms with van der Waals surface area (Å²) in [5, 5.41) is 6.63. The van der Waals surface area contributed by atoms with Gasteiger partial charge in [-0.25, -0.2) is 4.39 Å². The third-order valence-corrected chi connectivity index (χ3v) is 5.20. The van der Waals surface area contributed by atoms with Crippen molar-refractivity contribution in [1.29, 1.82) is 0 Å². The normalized spacial score (nSPS) is 16.0. The molecule has 1 atom stereocenters. The van der Waals surface area contributed by atoms with Crippen molar-refractivity contribution < 1.29 is 23.5 Å². The highest BCUT2D eigenvalue weighted by Gasteiger charge is 2.29. The summed E-state index contributed by atoms with van der Waals surface area (Å²) in [7, 11) is 1.91. The number of halogens is 3. The van der Waals surface area contributed by atoms with Gasteiger partial charge < -0.3 is 20.1 Å². The van der Waals surface area contributed by atoms with E-state index in [4.69, 9.17) is 32.7 Å². The van der Waals surface area contributed by atoms with Gasteiger partial charge in [0.25, 0.3) is 0 Å². The first-order valence-electron chi connectivity index (χ1n) is 10.2. The van der Waals surface area contributed by atoms with Crippen molar-refractivity contribution in [3.8, 4) is 5.75 Å². The summed E-state index contributed by atoms with van der Waals surface area (Å²) in [5.74, 6) is 0.335. The summed E-state index contributed by atoms with van der Waals surface area (Å²) in [6.07, 6.45) is 4.30. The van der Waals surface area contributed by atoms with Gasteiger partial charge in [-0.1, -0.05) is 35.3 Å². The van der Waals surface area contributed by atoms with Crippen LogP contribution in [0.2, 0.25) is 10.0 Å². The quantitative estimate of drug-likeness (QED) is 0.479. The monoisotopic (exact) mass is 498 g/mol. The van der Waals surface area contributed by atoms with Crippen LogP contribution in [0.5, 0.6) is 5.75 Å². The fraction of sp³-hybridized carbons (Fsp3) is 0.333. The second-order valence-electron chi connectivity index (χ2n) is 7.09. The van der Waals surface area contributed by atoms with E-state index >= 15 is 0 Å². The molecular formula is C24H29Cl2FN2O4. The minimum absolute atomic E-state index is 0.0258. The summed E-state index contributed by atoms with van der Waals surface area (Å²) in [4.78, 5) is 19.9. The van der Waals surface area contributed by atoms with Crippen LogP contribution in [0.4, 0.5) is 4.39 Å². The number of amides is 1. The van der Waals surface area contributed by atoms with Crippen molar-refractivity contribution >= 4 is 35.9 Å². The van der Waals surface area contributed by atoms with E-state index in [0.29, 0.717) is 41.7 Å². The molecule has 0 aliphatic heterocycles. The summed E-state index contributed by atoms with van der Waals surface area (Å²) < 4.78 is 22.5. The second-order valence-corrected chi connectivity index (χ2v) is 7.91. The number of benzene rings is 2. The van der Waals surface area contributed by atoms with E-state index in [-0.39, 0.29) is 18.0 Å². The lowest BCUT2D eigenvalue weighted by atomic mass is 9.84. The number of carbonyl (C=O) groups excluding carboxylic acids is 2. The Labute approximate surface area is 204 Å². The molecule has 0 heterocycles. The van der Waals surface area contributed by atoms with E-state index in [1.165, 1.54) is 12.1 Å². The summed E-state index contributed by atoms with van der Waals surface area (Å²) >= 11 is 11.4. The van der Waals surface area contributed by atoms with Gasteiger partial charge >= 0.3 is 0 Å². The van der Waals surface area contributed by atoms with Gasteiger partial charge in [0.05, 0.1) is 16.7 Å². The molecule has 2 N–H and O–H groups in total. The first kappa shape index (κ1) is 28.6. The van der Waals surface area contributed by atoms with Crippen molar-refractivity contribution in [2.24, 2.45) is 0 Å². The molecule has 180 valence electrons. The molecule has 9 heteroatoms. The molecule has 0 saturated heterocycles. The predicted molar refractivity (Wildman–Crippen MR) is 129 cm³/mol. The first-order valence-corrected chi connectivity index (χ1v) is 11.0. The minimum Gasteiger partial charge on any atom is -0.486 e. The number of aldehydes is 1. The maximum atomic E-state index is 12.4. The van der Waals surface area contributed by atoms with E-state index in [2.05, 4.69) is 17.6 Å². The summed E-state index contributed by atoms with van der Waals surface area (Å²) in [6.45, 7) is 5.30. The van der Waals surface area contributed by atoms with Crippen LogP contribution in [0.15, 0.2) is 54.2 Å². The van der Waals surface area contributed by atoms with Gasteiger partial charge in [-0.3, -0.25) is 9.59 Å². The van der Waals surface area contributed by atoms with Crippen LogP contribution in [0.1, 0.15) is 25.8 Å². The fourth-order valence-electron chi connectivity index (χ4n) is 2.58. The Morgan fingerprint density at radius 1 is 1.12 bits per heavy atom. The molecule has 2 aromatic carbocycles. The number of ether oxygens (including phenoxy) is 2. The third-order valence-electron chi connectivity index (χ3n) is 4.46. The average molecular weight is 499 g/mol. The van der Waals surface area contributed by atoms with Gasteiger partial charge in [0.1, 0.15) is 18.2 Å². The highest BCUT2D eigenvalue weighted by Crippen LogP contribution is 2.27. The van der Waals surface area contributed by atoms with E-state index in [9.17, 15) is 14.0 Å². The van der Waals surface area contributed by atoms with Gasteiger partial charge in [-0.2, -0.15) is 0 Å². The molecule has 6 nitrogen and oxygen atoms in total. The Bertz CT molecular complexity index is 910. The van der Waals surface area contributed by atoms with Gasteiger partial charge in [-0.15, -0.1) is 0 Å². The lowest BCUT2D eigenvalue weighted by Crippen LogP contribution is -2.46. The van der Waals surface area contributed by atoms with Crippen LogP contribution in [-0.4, -0.2) is 38.5 Å². The Balaban J connectivity index is 0.000000249. The highest BCUT2D eigenvalue weighted by atomic mass is 35.5. The second kappa shape index (κ2) is 15.4. The van der Waals surface area contributed by atoms with Crippen LogP contribution in [0, 0.1) is 5.82 Å². The maximum Gasteiger partial charge on any atom is 0.211 e. The fourth-order valence-corrected chi connectivity index (χ4v) is 2.87.